The summed E-state index contributed by atoms with van der Waals surface area (Å²) in [4.78, 5) is 0. The average Bonchev–Trinajstić information content (AvgIpc) is 2.32. The molecule has 2 rings (SSSR count). The number of nitrogens with one attached hydrogen (secondary N) is 1. The second kappa shape index (κ2) is 6.33. The summed E-state index contributed by atoms with van der Waals surface area (Å²) in [6.07, 6.45) is -2.90. The molecule has 1 saturated heterocycles. The Labute approximate surface area is 121 Å². The van der Waals surface area contributed by atoms with Gasteiger partial charge in [0, 0.05) is 30.1 Å². The molecule has 1 aliphatic rings. The standard InChI is InChI=1S/C14H17ClF3NO/c15-12-5-2-1-4-11(12)13(8-19-9-13)6-3-7-20-10-14(16,17)18/h1-2,4-5,19H,3,6-10H2. The number of hydrogen-bond donors (Lipinski definition) is 1. The van der Waals surface area contributed by atoms with E-state index in [4.69, 9.17) is 11.6 Å². The summed E-state index contributed by atoms with van der Waals surface area (Å²) in [6.45, 7) is 0.544. The SMILES string of the molecule is FC(F)(F)COCCCC1(c2ccccc2Cl)CNC1. The molecule has 0 unspecified atom stereocenters. The molecule has 1 aromatic carbocycles. The third-order valence-electron chi connectivity index (χ3n) is 3.58. The maximum atomic E-state index is 12.0. The molecule has 0 atom stereocenters. The highest BCUT2D eigenvalue weighted by molar-refractivity contribution is 6.31. The van der Waals surface area contributed by atoms with Crippen molar-refractivity contribution in [3.05, 3.63) is 34.9 Å². The van der Waals surface area contributed by atoms with Crippen LogP contribution in [-0.4, -0.2) is 32.5 Å². The fourth-order valence-electron chi connectivity index (χ4n) is 2.52. The molecule has 0 amide bonds. The highest BCUT2D eigenvalue weighted by atomic mass is 35.5. The molecule has 2 nitrogen and oxygen atoms in total. The van der Waals surface area contributed by atoms with E-state index in [2.05, 4.69) is 10.1 Å². The predicted octanol–water partition coefficient (Wildman–Crippen LogP) is 3.54. The first-order valence-electron chi connectivity index (χ1n) is 6.53. The first kappa shape index (κ1) is 15.6. The van der Waals surface area contributed by atoms with E-state index >= 15 is 0 Å². The third kappa shape index (κ3) is 3.87. The fourth-order valence-corrected chi connectivity index (χ4v) is 2.86. The lowest BCUT2D eigenvalue weighted by Gasteiger charge is -2.44. The molecule has 20 heavy (non-hydrogen) atoms. The Bertz CT molecular complexity index is 446. The summed E-state index contributed by atoms with van der Waals surface area (Å²) in [5, 5.41) is 3.93. The van der Waals surface area contributed by atoms with Gasteiger partial charge in [-0.25, -0.2) is 0 Å². The second-order valence-electron chi connectivity index (χ2n) is 5.14. The van der Waals surface area contributed by atoms with E-state index < -0.39 is 12.8 Å². The highest BCUT2D eigenvalue weighted by Gasteiger charge is 2.39. The molecule has 1 aromatic rings. The van der Waals surface area contributed by atoms with Crippen LogP contribution in [0.2, 0.25) is 5.02 Å². The summed E-state index contributed by atoms with van der Waals surface area (Å²) >= 11 is 6.21. The molecule has 0 aromatic heterocycles. The molecule has 1 heterocycles. The van der Waals surface area contributed by atoms with E-state index in [1.54, 1.807) is 0 Å². The van der Waals surface area contributed by atoms with Gasteiger partial charge >= 0.3 is 6.18 Å². The van der Waals surface area contributed by atoms with E-state index in [1.165, 1.54) is 0 Å². The van der Waals surface area contributed by atoms with Crippen molar-refractivity contribution >= 4 is 11.6 Å². The molecule has 1 aliphatic heterocycles. The Morgan fingerprint density at radius 2 is 1.95 bits per heavy atom. The molecular weight excluding hydrogens is 291 g/mol. The molecule has 1 N–H and O–H groups in total. The van der Waals surface area contributed by atoms with Gasteiger partial charge in [-0.3, -0.25) is 0 Å². The van der Waals surface area contributed by atoms with Gasteiger partial charge in [-0.1, -0.05) is 29.8 Å². The normalized spacial score (nSPS) is 17.8. The van der Waals surface area contributed by atoms with Crippen LogP contribution in [0.5, 0.6) is 0 Å². The number of hydrogen-bond acceptors (Lipinski definition) is 2. The van der Waals surface area contributed by atoms with Gasteiger partial charge in [0.25, 0.3) is 0 Å². The van der Waals surface area contributed by atoms with Gasteiger partial charge in [0.15, 0.2) is 0 Å². The van der Waals surface area contributed by atoms with Crippen molar-refractivity contribution in [2.24, 2.45) is 0 Å². The number of alkyl halides is 3. The molecular formula is C14H17ClF3NO. The van der Waals surface area contributed by atoms with Crippen LogP contribution in [0, 0.1) is 0 Å². The summed E-state index contributed by atoms with van der Waals surface area (Å²) in [6, 6.07) is 7.64. The van der Waals surface area contributed by atoms with Crippen molar-refractivity contribution in [3.8, 4) is 0 Å². The Morgan fingerprint density at radius 3 is 2.50 bits per heavy atom. The smallest absolute Gasteiger partial charge is 0.372 e. The van der Waals surface area contributed by atoms with Crippen molar-refractivity contribution in [3.63, 3.8) is 0 Å². The van der Waals surface area contributed by atoms with Crippen LogP contribution in [0.15, 0.2) is 24.3 Å². The predicted molar refractivity (Wildman–Crippen MR) is 72.1 cm³/mol. The average molecular weight is 308 g/mol. The fraction of sp³-hybridized carbons (Fsp3) is 0.571. The van der Waals surface area contributed by atoms with Crippen LogP contribution in [0.1, 0.15) is 18.4 Å². The van der Waals surface area contributed by atoms with Crippen molar-refractivity contribution < 1.29 is 17.9 Å². The molecule has 0 saturated carbocycles. The Balaban J connectivity index is 1.85. The first-order chi connectivity index (χ1) is 9.43. The maximum absolute atomic E-state index is 12.0. The third-order valence-corrected chi connectivity index (χ3v) is 3.91. The number of rotatable bonds is 6. The maximum Gasteiger partial charge on any atom is 0.411 e. The Kier molecular flexibility index (Phi) is 4.94. The molecule has 6 heteroatoms. The Morgan fingerprint density at radius 1 is 1.25 bits per heavy atom. The summed E-state index contributed by atoms with van der Waals surface area (Å²) < 4.78 is 40.5. The van der Waals surface area contributed by atoms with E-state index in [1.807, 2.05) is 24.3 Å². The van der Waals surface area contributed by atoms with Gasteiger partial charge in [0.2, 0.25) is 0 Å². The summed E-state index contributed by atoms with van der Waals surface area (Å²) in [5.41, 5.74) is 0.996. The van der Waals surface area contributed by atoms with Gasteiger partial charge in [0.05, 0.1) is 0 Å². The lowest BCUT2D eigenvalue weighted by molar-refractivity contribution is -0.174. The quantitative estimate of drug-likeness (QED) is 0.812. The monoisotopic (exact) mass is 307 g/mol. The van der Waals surface area contributed by atoms with Crippen LogP contribution in [0.25, 0.3) is 0 Å². The van der Waals surface area contributed by atoms with Crippen molar-refractivity contribution in [2.45, 2.75) is 24.4 Å². The van der Waals surface area contributed by atoms with Gasteiger partial charge in [0.1, 0.15) is 6.61 Å². The molecule has 1 fully saturated rings. The van der Waals surface area contributed by atoms with Crippen LogP contribution < -0.4 is 5.32 Å². The number of halogens is 4. The van der Waals surface area contributed by atoms with E-state index in [-0.39, 0.29) is 12.0 Å². The van der Waals surface area contributed by atoms with Crippen LogP contribution >= 0.6 is 11.6 Å². The minimum absolute atomic E-state index is 0.0695. The minimum atomic E-state index is -4.25. The second-order valence-corrected chi connectivity index (χ2v) is 5.54. The van der Waals surface area contributed by atoms with Crippen molar-refractivity contribution in [1.29, 1.82) is 0 Å². The zero-order valence-corrected chi connectivity index (χ0v) is 11.7. The lowest BCUT2D eigenvalue weighted by Crippen LogP contribution is -2.57. The molecule has 0 radical (unpaired) electrons. The number of ether oxygens (including phenoxy) is 1. The van der Waals surface area contributed by atoms with Crippen LogP contribution in [0.4, 0.5) is 13.2 Å². The topological polar surface area (TPSA) is 21.3 Å². The van der Waals surface area contributed by atoms with Gasteiger partial charge in [-0.05, 0) is 24.5 Å². The first-order valence-corrected chi connectivity index (χ1v) is 6.91. The molecule has 0 aliphatic carbocycles. The zero-order valence-electron chi connectivity index (χ0n) is 11.0. The van der Waals surface area contributed by atoms with Gasteiger partial charge in [-0.15, -0.1) is 0 Å². The van der Waals surface area contributed by atoms with E-state index in [0.717, 1.165) is 25.1 Å². The lowest BCUT2D eigenvalue weighted by atomic mass is 9.72. The van der Waals surface area contributed by atoms with Crippen molar-refractivity contribution in [2.75, 3.05) is 26.3 Å². The number of benzene rings is 1. The van der Waals surface area contributed by atoms with E-state index in [0.29, 0.717) is 11.4 Å². The summed E-state index contributed by atoms with van der Waals surface area (Å²) in [5.74, 6) is 0. The van der Waals surface area contributed by atoms with Crippen molar-refractivity contribution in [1.82, 2.24) is 5.32 Å². The molecule has 112 valence electrons. The van der Waals surface area contributed by atoms with Crippen LogP contribution in [-0.2, 0) is 10.2 Å². The van der Waals surface area contributed by atoms with Gasteiger partial charge < -0.3 is 10.1 Å². The summed E-state index contributed by atoms with van der Waals surface area (Å²) in [7, 11) is 0. The molecule has 0 bridgehead atoms. The van der Waals surface area contributed by atoms with E-state index in [9.17, 15) is 13.2 Å². The Hall–Kier alpha value is -0.780. The zero-order chi connectivity index (χ0) is 14.6. The largest absolute Gasteiger partial charge is 0.411 e. The van der Waals surface area contributed by atoms with Gasteiger partial charge in [-0.2, -0.15) is 13.2 Å². The van der Waals surface area contributed by atoms with Crippen LogP contribution in [0.3, 0.4) is 0 Å². The highest BCUT2D eigenvalue weighted by Crippen LogP contribution is 2.37. The molecule has 0 spiro atoms. The minimum Gasteiger partial charge on any atom is -0.372 e.